The zero-order valence-electron chi connectivity index (χ0n) is 7.30. The summed E-state index contributed by atoms with van der Waals surface area (Å²) >= 11 is 0. The first-order valence-corrected chi connectivity index (χ1v) is 3.83. The molecule has 0 spiro atoms. The van der Waals surface area contributed by atoms with Crippen molar-refractivity contribution in [1.29, 1.82) is 0 Å². The lowest BCUT2D eigenvalue weighted by molar-refractivity contribution is -0.136. The first-order chi connectivity index (χ1) is 6.56. The van der Waals surface area contributed by atoms with Gasteiger partial charge in [0.25, 0.3) is 0 Å². The molecule has 1 rings (SSSR count). The highest BCUT2D eigenvalue weighted by Gasteiger charge is 2.16. The second kappa shape index (κ2) is 3.78. The van der Waals surface area contributed by atoms with E-state index in [4.69, 9.17) is 10.2 Å². The van der Waals surface area contributed by atoms with Crippen molar-refractivity contribution < 1.29 is 19.8 Å². The van der Waals surface area contributed by atoms with Crippen LogP contribution in [0, 0.1) is 0 Å². The van der Waals surface area contributed by atoms with E-state index < -0.39 is 11.9 Å². The summed E-state index contributed by atoms with van der Waals surface area (Å²) in [7, 11) is 0. The first-order valence-electron chi connectivity index (χ1n) is 3.83. The Balaban J connectivity index is 3.18. The minimum absolute atomic E-state index is 0.00713. The summed E-state index contributed by atoms with van der Waals surface area (Å²) in [5.41, 5.74) is 0.215. The van der Waals surface area contributed by atoms with Crippen molar-refractivity contribution in [3.63, 3.8) is 0 Å². The molecule has 1 aromatic heterocycles. The Bertz CT molecular complexity index is 392. The molecule has 0 saturated carbocycles. The monoisotopic (exact) mass is 195 g/mol. The van der Waals surface area contributed by atoms with E-state index in [0.717, 1.165) is 0 Å². The fraction of sp³-hybridized carbons (Fsp3) is 0.111. The van der Waals surface area contributed by atoms with Gasteiger partial charge in [0.05, 0.1) is 12.0 Å². The predicted molar refractivity (Wildman–Crippen MR) is 49.1 cm³/mol. The Kier molecular flexibility index (Phi) is 2.71. The van der Waals surface area contributed by atoms with Gasteiger partial charge in [-0.3, -0.25) is 4.79 Å². The minimum atomic E-state index is -1.14. The van der Waals surface area contributed by atoms with Crippen LogP contribution in [0.5, 0.6) is 0 Å². The summed E-state index contributed by atoms with van der Waals surface area (Å²) in [5.74, 6) is -2.21. The number of hydrogen-bond acceptors (Lipinski definition) is 2. The summed E-state index contributed by atoms with van der Waals surface area (Å²) in [5, 5.41) is 17.3. The molecular weight excluding hydrogens is 186 g/mol. The molecule has 1 aromatic rings. The van der Waals surface area contributed by atoms with Crippen LogP contribution in [0.2, 0.25) is 0 Å². The molecule has 14 heavy (non-hydrogen) atoms. The summed E-state index contributed by atoms with van der Waals surface area (Å²) in [6, 6.07) is 1.35. The lowest BCUT2D eigenvalue weighted by atomic mass is 10.2. The quantitative estimate of drug-likeness (QED) is 0.748. The van der Waals surface area contributed by atoms with Gasteiger partial charge in [-0.1, -0.05) is 6.58 Å². The fourth-order valence-electron chi connectivity index (χ4n) is 1.18. The molecule has 2 N–H and O–H groups in total. The zero-order chi connectivity index (χ0) is 10.7. The van der Waals surface area contributed by atoms with Crippen molar-refractivity contribution >= 4 is 18.1 Å². The third-order valence-electron chi connectivity index (χ3n) is 1.77. The Hall–Kier alpha value is -2.04. The van der Waals surface area contributed by atoms with E-state index in [2.05, 4.69) is 6.58 Å². The first kappa shape index (κ1) is 10.0. The maximum absolute atomic E-state index is 10.7. The van der Waals surface area contributed by atoms with E-state index in [9.17, 15) is 9.59 Å². The van der Waals surface area contributed by atoms with Gasteiger partial charge in [-0.05, 0) is 6.07 Å². The normalized spacial score (nSPS) is 9.71. The van der Waals surface area contributed by atoms with Gasteiger partial charge in [0.15, 0.2) is 0 Å². The topological polar surface area (TPSA) is 79.5 Å². The summed E-state index contributed by atoms with van der Waals surface area (Å²) < 4.78 is 1.39. The number of rotatable bonds is 4. The minimum Gasteiger partial charge on any atom is -0.481 e. The molecule has 0 atom stereocenters. The standard InChI is InChI=1S/C9H9NO4/c1-2-10-4-3-6(9(13)14)7(10)5-8(11)12/h2-4H,1,5H2,(H,11,12)(H,13,14). The molecule has 0 bridgehead atoms. The molecule has 0 aliphatic heterocycles. The average molecular weight is 195 g/mol. The van der Waals surface area contributed by atoms with Gasteiger partial charge in [0.1, 0.15) is 0 Å². The van der Waals surface area contributed by atoms with E-state index in [1.807, 2.05) is 0 Å². The van der Waals surface area contributed by atoms with Gasteiger partial charge in [0, 0.05) is 18.1 Å². The van der Waals surface area contributed by atoms with Gasteiger partial charge in [-0.15, -0.1) is 0 Å². The molecule has 5 nitrogen and oxygen atoms in total. The zero-order valence-corrected chi connectivity index (χ0v) is 7.30. The Labute approximate surface area is 79.9 Å². The van der Waals surface area contributed by atoms with Crippen LogP contribution in [0.4, 0.5) is 0 Å². The van der Waals surface area contributed by atoms with Gasteiger partial charge in [-0.2, -0.15) is 0 Å². The number of aliphatic carboxylic acids is 1. The molecule has 0 unspecified atom stereocenters. The Morgan fingerprint density at radius 3 is 2.57 bits per heavy atom. The Morgan fingerprint density at radius 1 is 1.50 bits per heavy atom. The van der Waals surface area contributed by atoms with Crippen LogP contribution in [-0.4, -0.2) is 26.7 Å². The van der Waals surface area contributed by atoms with E-state index in [0.29, 0.717) is 0 Å². The van der Waals surface area contributed by atoms with Crippen LogP contribution < -0.4 is 0 Å². The van der Waals surface area contributed by atoms with Gasteiger partial charge >= 0.3 is 11.9 Å². The molecule has 74 valence electrons. The lowest BCUT2D eigenvalue weighted by Gasteiger charge is -2.01. The number of carboxylic acids is 2. The van der Waals surface area contributed by atoms with Crippen LogP contribution in [0.15, 0.2) is 18.8 Å². The fourth-order valence-corrected chi connectivity index (χ4v) is 1.18. The number of hydrogen-bond donors (Lipinski definition) is 2. The van der Waals surface area contributed by atoms with Crippen LogP contribution in [0.25, 0.3) is 6.20 Å². The second-order valence-corrected chi connectivity index (χ2v) is 2.64. The number of aromatic nitrogens is 1. The summed E-state index contributed by atoms with van der Waals surface area (Å²) in [4.78, 5) is 21.2. The van der Waals surface area contributed by atoms with Crippen molar-refractivity contribution in [3.05, 3.63) is 30.1 Å². The summed E-state index contributed by atoms with van der Waals surface area (Å²) in [6.45, 7) is 3.45. The molecule has 0 aliphatic carbocycles. The van der Waals surface area contributed by atoms with E-state index in [-0.39, 0.29) is 17.7 Å². The largest absolute Gasteiger partial charge is 0.481 e. The number of carboxylic acid groups (broad SMARTS) is 2. The highest BCUT2D eigenvalue weighted by atomic mass is 16.4. The van der Waals surface area contributed by atoms with Crippen molar-refractivity contribution in [2.45, 2.75) is 6.42 Å². The summed E-state index contributed by atoms with van der Waals surface area (Å²) in [6.07, 6.45) is 2.50. The number of nitrogens with zero attached hydrogens (tertiary/aromatic N) is 1. The lowest BCUT2D eigenvalue weighted by Crippen LogP contribution is -2.09. The van der Waals surface area contributed by atoms with Crippen LogP contribution in [0.1, 0.15) is 16.1 Å². The number of aromatic carboxylic acids is 1. The van der Waals surface area contributed by atoms with Gasteiger partial charge in [-0.25, -0.2) is 4.79 Å². The third kappa shape index (κ3) is 1.82. The number of carbonyl (C=O) groups is 2. The average Bonchev–Trinajstić information content (AvgIpc) is 2.46. The van der Waals surface area contributed by atoms with E-state index >= 15 is 0 Å². The van der Waals surface area contributed by atoms with Crippen LogP contribution in [-0.2, 0) is 11.2 Å². The van der Waals surface area contributed by atoms with Crippen molar-refractivity contribution in [2.75, 3.05) is 0 Å². The predicted octanol–water partition coefficient (Wildman–Crippen LogP) is 0.914. The molecule has 0 fully saturated rings. The van der Waals surface area contributed by atoms with Crippen LogP contribution >= 0.6 is 0 Å². The van der Waals surface area contributed by atoms with Gasteiger partial charge in [0.2, 0.25) is 0 Å². The van der Waals surface area contributed by atoms with E-state index in [1.165, 1.54) is 23.0 Å². The molecule has 1 heterocycles. The molecular formula is C9H9NO4. The van der Waals surface area contributed by atoms with Crippen LogP contribution in [0.3, 0.4) is 0 Å². The molecule has 0 saturated heterocycles. The maximum atomic E-state index is 10.7. The third-order valence-corrected chi connectivity index (χ3v) is 1.77. The Morgan fingerprint density at radius 2 is 2.14 bits per heavy atom. The molecule has 0 amide bonds. The van der Waals surface area contributed by atoms with Crippen molar-refractivity contribution in [3.8, 4) is 0 Å². The molecule has 0 aliphatic rings. The van der Waals surface area contributed by atoms with E-state index in [1.54, 1.807) is 0 Å². The second-order valence-electron chi connectivity index (χ2n) is 2.64. The molecule has 0 radical (unpaired) electrons. The van der Waals surface area contributed by atoms with Crippen molar-refractivity contribution in [1.82, 2.24) is 4.57 Å². The highest BCUT2D eigenvalue weighted by molar-refractivity contribution is 5.90. The SMILES string of the molecule is C=Cn1ccc(C(=O)O)c1CC(=O)O. The van der Waals surface area contributed by atoms with Crippen molar-refractivity contribution in [2.24, 2.45) is 0 Å². The smallest absolute Gasteiger partial charge is 0.337 e. The maximum Gasteiger partial charge on any atom is 0.337 e. The highest BCUT2D eigenvalue weighted by Crippen LogP contribution is 2.12. The molecule has 5 heteroatoms. The van der Waals surface area contributed by atoms with Gasteiger partial charge < -0.3 is 14.8 Å². The molecule has 0 aromatic carbocycles.